The molecule has 1 heterocycles. The molecule has 0 aliphatic carbocycles. The highest BCUT2D eigenvalue weighted by Gasteiger charge is 2.25. The summed E-state index contributed by atoms with van der Waals surface area (Å²) in [6.45, 7) is 5.39. The van der Waals surface area contributed by atoms with Crippen LogP contribution in [0.4, 0.5) is 8.78 Å². The average molecular weight is 337 g/mol. The minimum Gasteiger partial charge on any atom is -0.591 e. The van der Waals surface area contributed by atoms with Crippen molar-refractivity contribution < 1.29 is 13.3 Å². The molecule has 1 atom stereocenters. The Morgan fingerprint density at radius 1 is 1.17 bits per heavy atom. The topological polar surface area (TPSA) is 61.2 Å². The number of aromatic nitrogens is 2. The fraction of sp³-hybridized carbons (Fsp3) is 0.312. The van der Waals surface area contributed by atoms with E-state index in [-0.39, 0.29) is 17.5 Å². The summed E-state index contributed by atoms with van der Waals surface area (Å²) in [6, 6.07) is 2.22. The maximum Gasteiger partial charge on any atom is 0.144 e. The lowest BCUT2D eigenvalue weighted by Crippen LogP contribution is -2.25. The van der Waals surface area contributed by atoms with Crippen molar-refractivity contribution >= 4 is 17.6 Å². The maximum atomic E-state index is 13.9. The lowest BCUT2D eigenvalue weighted by molar-refractivity contribution is 0.561. The van der Waals surface area contributed by atoms with E-state index in [1.54, 1.807) is 20.8 Å². The fourth-order valence-electron chi connectivity index (χ4n) is 1.77. The molecule has 0 saturated heterocycles. The molecule has 4 nitrogen and oxygen atoms in total. The second-order valence-electron chi connectivity index (χ2n) is 5.90. The molecule has 0 amide bonds. The van der Waals surface area contributed by atoms with Crippen LogP contribution in [0.5, 0.6) is 0 Å². The molecule has 0 unspecified atom stereocenters. The number of hydrogen-bond donors (Lipinski definition) is 0. The minimum atomic E-state index is -1.41. The third-order valence-corrected chi connectivity index (χ3v) is 4.40. The average Bonchev–Trinajstić information content (AvgIpc) is 2.49. The predicted octanol–water partition coefficient (Wildman–Crippen LogP) is 3.50. The van der Waals surface area contributed by atoms with Crippen molar-refractivity contribution in [3.05, 3.63) is 48.1 Å². The Morgan fingerprint density at radius 2 is 1.83 bits per heavy atom. The van der Waals surface area contributed by atoms with Gasteiger partial charge in [-0.3, -0.25) is 0 Å². The normalized spacial score (nSPS) is 13.5. The SMILES string of the molecule is CC(C)(C)[S@@+]([O-])/N=C/Cc1cc(-c2cncnc2)c(F)cc1F. The molecule has 0 radical (unpaired) electrons. The van der Waals surface area contributed by atoms with Crippen LogP contribution >= 0.6 is 0 Å². The Labute approximate surface area is 137 Å². The van der Waals surface area contributed by atoms with Gasteiger partial charge in [0.05, 0.1) is 6.21 Å². The van der Waals surface area contributed by atoms with Gasteiger partial charge >= 0.3 is 0 Å². The van der Waals surface area contributed by atoms with Gasteiger partial charge in [0.15, 0.2) is 0 Å². The van der Waals surface area contributed by atoms with Crippen LogP contribution in [0.1, 0.15) is 26.3 Å². The molecule has 0 bridgehead atoms. The van der Waals surface area contributed by atoms with Crippen LogP contribution in [-0.2, 0) is 17.8 Å². The summed E-state index contributed by atoms with van der Waals surface area (Å²) in [4.78, 5) is 7.66. The number of nitrogens with zero attached hydrogens (tertiary/aromatic N) is 3. The highest BCUT2D eigenvalue weighted by Crippen LogP contribution is 2.25. The Kier molecular flexibility index (Phi) is 5.43. The largest absolute Gasteiger partial charge is 0.591 e. The molecular weight excluding hydrogens is 320 g/mol. The van der Waals surface area contributed by atoms with Crippen LogP contribution in [0, 0.1) is 11.6 Å². The monoisotopic (exact) mass is 337 g/mol. The summed E-state index contributed by atoms with van der Waals surface area (Å²) < 4.78 is 43.1. The quantitative estimate of drug-likeness (QED) is 0.634. The lowest BCUT2D eigenvalue weighted by Gasteiger charge is -2.17. The van der Waals surface area contributed by atoms with Crippen molar-refractivity contribution in [1.82, 2.24) is 9.97 Å². The van der Waals surface area contributed by atoms with Gasteiger partial charge in [-0.25, -0.2) is 18.7 Å². The van der Waals surface area contributed by atoms with Crippen LogP contribution in [0.25, 0.3) is 11.1 Å². The van der Waals surface area contributed by atoms with E-state index in [9.17, 15) is 13.3 Å². The van der Waals surface area contributed by atoms with E-state index in [2.05, 4.69) is 14.4 Å². The van der Waals surface area contributed by atoms with Crippen LogP contribution in [0.2, 0.25) is 0 Å². The van der Waals surface area contributed by atoms with Crippen molar-refractivity contribution in [3.8, 4) is 11.1 Å². The zero-order valence-corrected chi connectivity index (χ0v) is 13.9. The van der Waals surface area contributed by atoms with Crippen LogP contribution in [0.3, 0.4) is 0 Å². The van der Waals surface area contributed by atoms with Gasteiger partial charge in [-0.15, -0.1) is 0 Å². The number of halogens is 2. The molecule has 1 aromatic carbocycles. The van der Waals surface area contributed by atoms with Crippen molar-refractivity contribution in [2.75, 3.05) is 0 Å². The first-order valence-electron chi connectivity index (χ1n) is 6.97. The van der Waals surface area contributed by atoms with E-state index in [4.69, 9.17) is 0 Å². The molecule has 2 rings (SSSR count). The molecule has 1 aromatic heterocycles. The van der Waals surface area contributed by atoms with Crippen LogP contribution in [-0.4, -0.2) is 25.5 Å². The minimum absolute atomic E-state index is 0.120. The Morgan fingerprint density at radius 3 is 2.43 bits per heavy atom. The zero-order valence-electron chi connectivity index (χ0n) is 13.1. The van der Waals surface area contributed by atoms with Gasteiger partial charge in [-0.05, 0) is 32.4 Å². The van der Waals surface area contributed by atoms with E-state index >= 15 is 0 Å². The Bertz CT molecular complexity index is 702. The Balaban J connectivity index is 2.25. The van der Waals surface area contributed by atoms with Crippen LogP contribution < -0.4 is 0 Å². The predicted molar refractivity (Wildman–Crippen MR) is 87.5 cm³/mol. The molecule has 0 fully saturated rings. The summed E-state index contributed by atoms with van der Waals surface area (Å²) >= 11 is -1.41. The van der Waals surface area contributed by atoms with Gasteiger partial charge in [-0.2, -0.15) is 0 Å². The standard InChI is InChI=1S/C16H17F2N3OS/c1-16(2,3)23(22)21-5-4-11-6-13(15(18)7-14(11)17)12-8-19-10-20-9-12/h5-10H,4H2,1-3H3/b21-5+/t23-/m1/s1. The smallest absolute Gasteiger partial charge is 0.144 e. The van der Waals surface area contributed by atoms with E-state index in [0.717, 1.165) is 6.07 Å². The first-order valence-corrected chi connectivity index (χ1v) is 8.07. The molecular formula is C16H17F2N3OS. The van der Waals surface area contributed by atoms with Crippen molar-refractivity contribution in [2.24, 2.45) is 4.40 Å². The highest BCUT2D eigenvalue weighted by atomic mass is 32.2. The fourth-order valence-corrected chi connectivity index (χ4v) is 2.30. The Hall–Kier alpha value is -1.86. The van der Waals surface area contributed by atoms with Gasteiger partial charge in [-0.1, -0.05) is 4.40 Å². The number of hydrogen-bond acceptors (Lipinski definition) is 4. The molecule has 23 heavy (non-hydrogen) atoms. The summed E-state index contributed by atoms with van der Waals surface area (Å²) in [6.07, 6.45) is 5.75. The third kappa shape index (κ3) is 4.56. The summed E-state index contributed by atoms with van der Waals surface area (Å²) in [5.74, 6) is -1.35. The van der Waals surface area contributed by atoms with Crippen molar-refractivity contribution in [3.63, 3.8) is 0 Å². The molecule has 0 aliphatic heterocycles. The first kappa shape index (κ1) is 17.5. The molecule has 2 aromatic rings. The lowest BCUT2D eigenvalue weighted by atomic mass is 10.0. The summed E-state index contributed by atoms with van der Waals surface area (Å²) in [5.41, 5.74) is 0.939. The van der Waals surface area contributed by atoms with Crippen LogP contribution in [0.15, 0.2) is 35.3 Å². The molecule has 0 spiro atoms. The van der Waals surface area contributed by atoms with Gasteiger partial charge in [0, 0.05) is 36.0 Å². The molecule has 7 heteroatoms. The molecule has 0 aliphatic rings. The zero-order chi connectivity index (χ0) is 17.0. The van der Waals surface area contributed by atoms with Gasteiger partial charge in [0.25, 0.3) is 0 Å². The van der Waals surface area contributed by atoms with Crippen molar-refractivity contribution in [1.29, 1.82) is 0 Å². The highest BCUT2D eigenvalue weighted by molar-refractivity contribution is 7.91. The summed E-state index contributed by atoms with van der Waals surface area (Å²) in [5, 5.41) is 0. The van der Waals surface area contributed by atoms with E-state index < -0.39 is 27.7 Å². The third-order valence-electron chi connectivity index (χ3n) is 3.01. The second kappa shape index (κ2) is 7.14. The van der Waals surface area contributed by atoms with E-state index in [1.807, 2.05) is 0 Å². The number of benzene rings is 1. The van der Waals surface area contributed by atoms with Gasteiger partial charge < -0.3 is 4.55 Å². The first-order chi connectivity index (χ1) is 10.8. The maximum absolute atomic E-state index is 13.9. The molecule has 0 saturated carbocycles. The second-order valence-corrected chi connectivity index (χ2v) is 7.84. The van der Waals surface area contributed by atoms with E-state index in [1.165, 1.54) is 31.0 Å². The van der Waals surface area contributed by atoms with Gasteiger partial charge in [0.1, 0.15) is 34.1 Å². The molecule has 122 valence electrons. The van der Waals surface area contributed by atoms with E-state index in [0.29, 0.717) is 5.56 Å². The number of rotatable bonds is 4. The van der Waals surface area contributed by atoms with Crippen molar-refractivity contribution in [2.45, 2.75) is 31.9 Å². The molecule has 0 N–H and O–H groups in total. The van der Waals surface area contributed by atoms with Gasteiger partial charge in [0.2, 0.25) is 0 Å². The summed E-state index contributed by atoms with van der Waals surface area (Å²) in [7, 11) is 0.